The maximum absolute atomic E-state index is 10.7. The maximum atomic E-state index is 10.7. The predicted molar refractivity (Wildman–Crippen MR) is 73.3 cm³/mol. The summed E-state index contributed by atoms with van der Waals surface area (Å²) < 4.78 is 0. The summed E-state index contributed by atoms with van der Waals surface area (Å²) in [6, 6.07) is 4.60. The van der Waals surface area contributed by atoms with Gasteiger partial charge in [0.1, 0.15) is 0 Å². The van der Waals surface area contributed by atoms with E-state index in [1.807, 2.05) is 7.05 Å². The predicted octanol–water partition coefficient (Wildman–Crippen LogP) is 2.65. The molecule has 5 nitrogen and oxygen atoms in total. The number of nitrogens with two attached hydrogens (primary N) is 1. The van der Waals surface area contributed by atoms with E-state index >= 15 is 0 Å². The Morgan fingerprint density at radius 2 is 2.11 bits per heavy atom. The zero-order valence-corrected chi connectivity index (χ0v) is 11.2. The van der Waals surface area contributed by atoms with Crippen LogP contribution in [0.2, 0.25) is 0 Å². The third-order valence-electron chi connectivity index (χ3n) is 2.87. The summed E-state index contributed by atoms with van der Waals surface area (Å²) in [4.78, 5) is 12.5. The van der Waals surface area contributed by atoms with Gasteiger partial charge < -0.3 is 10.6 Å². The monoisotopic (exact) mass is 251 g/mol. The molecule has 0 aromatic heterocycles. The first-order valence-electron chi connectivity index (χ1n) is 6.11. The minimum absolute atomic E-state index is 0.0939. The van der Waals surface area contributed by atoms with Crippen molar-refractivity contribution < 1.29 is 4.92 Å². The smallest absolute Gasteiger partial charge is 0.269 e. The normalized spacial score (nSPS) is 11.2. The minimum Gasteiger partial charge on any atom is -0.398 e. The summed E-state index contributed by atoms with van der Waals surface area (Å²) in [5.41, 5.74) is 7.36. The van der Waals surface area contributed by atoms with Gasteiger partial charge in [0.15, 0.2) is 0 Å². The van der Waals surface area contributed by atoms with E-state index in [4.69, 9.17) is 5.73 Å². The van der Waals surface area contributed by atoms with Crippen molar-refractivity contribution in [3.63, 3.8) is 0 Å². The summed E-state index contributed by atoms with van der Waals surface area (Å²) in [7, 11) is 2.00. The van der Waals surface area contributed by atoms with Crippen molar-refractivity contribution in [1.29, 1.82) is 0 Å². The minimum atomic E-state index is -0.392. The highest BCUT2D eigenvalue weighted by molar-refractivity contribution is 5.52. The molecule has 0 saturated heterocycles. The van der Waals surface area contributed by atoms with Crippen molar-refractivity contribution in [3.8, 4) is 0 Å². The molecule has 0 spiro atoms. The van der Waals surface area contributed by atoms with Gasteiger partial charge in [0.25, 0.3) is 5.69 Å². The van der Waals surface area contributed by atoms with E-state index in [1.54, 1.807) is 12.1 Å². The Bertz CT molecular complexity index is 419. The van der Waals surface area contributed by atoms with Gasteiger partial charge in [-0.1, -0.05) is 13.8 Å². The fourth-order valence-corrected chi connectivity index (χ4v) is 1.69. The molecule has 0 unspecified atom stereocenters. The molecule has 0 aliphatic carbocycles. The lowest BCUT2D eigenvalue weighted by molar-refractivity contribution is -0.384. The van der Waals surface area contributed by atoms with E-state index in [1.165, 1.54) is 6.07 Å². The Balaban J connectivity index is 2.71. The molecule has 1 aromatic carbocycles. The number of hydrogen-bond acceptors (Lipinski definition) is 4. The summed E-state index contributed by atoms with van der Waals surface area (Å²) in [5, 5.41) is 10.7. The van der Waals surface area contributed by atoms with Gasteiger partial charge in [0, 0.05) is 24.4 Å². The Labute approximate surface area is 108 Å². The Hall–Kier alpha value is -1.62. The lowest BCUT2D eigenvalue weighted by Gasteiger charge is -2.18. The fraction of sp³-hybridized carbons (Fsp3) is 0.538. The van der Waals surface area contributed by atoms with Crippen molar-refractivity contribution in [2.24, 2.45) is 5.92 Å². The van der Waals surface area contributed by atoms with Crippen LogP contribution in [0.3, 0.4) is 0 Å². The highest BCUT2D eigenvalue weighted by Crippen LogP contribution is 2.21. The molecule has 1 rings (SSSR count). The van der Waals surface area contributed by atoms with Gasteiger partial charge >= 0.3 is 0 Å². The molecule has 0 saturated carbocycles. The third kappa shape index (κ3) is 4.33. The number of non-ortho nitro benzene ring substituents is 1. The van der Waals surface area contributed by atoms with Crippen LogP contribution in [-0.2, 0) is 6.54 Å². The number of nitro groups is 1. The zero-order valence-electron chi connectivity index (χ0n) is 11.2. The molecule has 100 valence electrons. The van der Waals surface area contributed by atoms with Crippen LogP contribution in [0.1, 0.15) is 25.8 Å². The Morgan fingerprint density at radius 1 is 1.44 bits per heavy atom. The van der Waals surface area contributed by atoms with E-state index in [9.17, 15) is 10.1 Å². The van der Waals surface area contributed by atoms with Crippen LogP contribution in [0.15, 0.2) is 18.2 Å². The van der Waals surface area contributed by atoms with Gasteiger partial charge in [-0.25, -0.2) is 0 Å². The summed E-state index contributed by atoms with van der Waals surface area (Å²) in [6.45, 7) is 5.95. The molecule has 0 aliphatic rings. The zero-order chi connectivity index (χ0) is 13.7. The number of benzene rings is 1. The lowest BCUT2D eigenvalue weighted by Crippen LogP contribution is -2.21. The molecular formula is C13H21N3O2. The van der Waals surface area contributed by atoms with Gasteiger partial charge in [0.05, 0.1) is 4.92 Å². The number of hydrogen-bond donors (Lipinski definition) is 1. The van der Waals surface area contributed by atoms with Crippen LogP contribution < -0.4 is 5.73 Å². The molecule has 0 heterocycles. The Morgan fingerprint density at radius 3 is 2.67 bits per heavy atom. The van der Waals surface area contributed by atoms with Crippen molar-refractivity contribution >= 4 is 11.4 Å². The van der Waals surface area contributed by atoms with Gasteiger partial charge in [-0.05, 0) is 37.6 Å². The average molecular weight is 251 g/mol. The maximum Gasteiger partial charge on any atom is 0.269 e. The van der Waals surface area contributed by atoms with Crippen LogP contribution >= 0.6 is 0 Å². The molecule has 0 atom stereocenters. The van der Waals surface area contributed by atoms with E-state index in [-0.39, 0.29) is 5.69 Å². The molecule has 0 amide bonds. The largest absolute Gasteiger partial charge is 0.398 e. The first kappa shape index (κ1) is 14.4. The van der Waals surface area contributed by atoms with Gasteiger partial charge in [-0.15, -0.1) is 0 Å². The summed E-state index contributed by atoms with van der Waals surface area (Å²) in [5.74, 6) is 0.648. The van der Waals surface area contributed by atoms with Crippen LogP contribution in [0, 0.1) is 16.0 Å². The van der Waals surface area contributed by atoms with Crippen LogP contribution in [0.4, 0.5) is 11.4 Å². The van der Waals surface area contributed by atoms with Crippen molar-refractivity contribution in [2.75, 3.05) is 19.3 Å². The van der Waals surface area contributed by atoms with Gasteiger partial charge in [0.2, 0.25) is 0 Å². The van der Waals surface area contributed by atoms with Crippen molar-refractivity contribution in [2.45, 2.75) is 26.8 Å². The van der Waals surface area contributed by atoms with Crippen LogP contribution in [-0.4, -0.2) is 23.4 Å². The van der Waals surface area contributed by atoms with Gasteiger partial charge in [-0.3, -0.25) is 10.1 Å². The second-order valence-electron chi connectivity index (χ2n) is 5.06. The van der Waals surface area contributed by atoms with Crippen molar-refractivity contribution in [3.05, 3.63) is 33.9 Å². The third-order valence-corrected chi connectivity index (χ3v) is 2.87. The number of nitro benzene ring substituents is 1. The van der Waals surface area contributed by atoms with Crippen molar-refractivity contribution in [1.82, 2.24) is 4.90 Å². The van der Waals surface area contributed by atoms with Crippen LogP contribution in [0.5, 0.6) is 0 Å². The van der Waals surface area contributed by atoms with E-state index in [2.05, 4.69) is 18.7 Å². The summed E-state index contributed by atoms with van der Waals surface area (Å²) in [6.07, 6.45) is 1.10. The molecule has 0 bridgehead atoms. The molecular weight excluding hydrogens is 230 g/mol. The average Bonchev–Trinajstić information content (AvgIpc) is 2.29. The lowest BCUT2D eigenvalue weighted by atomic mass is 10.1. The fourth-order valence-electron chi connectivity index (χ4n) is 1.69. The highest BCUT2D eigenvalue weighted by Gasteiger charge is 2.11. The Kier molecular flexibility index (Phi) is 5.09. The number of nitrogens with zero attached hydrogens (tertiary/aromatic N) is 2. The SMILES string of the molecule is CC(C)CCN(C)Cc1cc([N+](=O)[O-])ccc1N. The first-order chi connectivity index (χ1) is 8.40. The second-order valence-corrected chi connectivity index (χ2v) is 5.06. The quantitative estimate of drug-likeness (QED) is 0.479. The standard InChI is InChI=1S/C13H21N3O2/c1-10(2)6-7-15(3)9-11-8-12(16(17)18)4-5-13(11)14/h4-5,8,10H,6-7,9,14H2,1-3H3. The van der Waals surface area contributed by atoms with Gasteiger partial charge in [-0.2, -0.15) is 0 Å². The molecule has 0 radical (unpaired) electrons. The first-order valence-corrected chi connectivity index (χ1v) is 6.11. The van der Waals surface area contributed by atoms with Crippen LogP contribution in [0.25, 0.3) is 0 Å². The van der Waals surface area contributed by atoms with E-state index in [0.29, 0.717) is 18.2 Å². The second kappa shape index (κ2) is 6.35. The molecule has 0 fully saturated rings. The molecule has 18 heavy (non-hydrogen) atoms. The number of nitrogen functional groups attached to an aromatic ring is 1. The molecule has 2 N–H and O–H groups in total. The molecule has 5 heteroatoms. The molecule has 1 aromatic rings. The number of rotatable bonds is 6. The topological polar surface area (TPSA) is 72.4 Å². The highest BCUT2D eigenvalue weighted by atomic mass is 16.6. The van der Waals surface area contributed by atoms with E-state index in [0.717, 1.165) is 18.5 Å². The summed E-state index contributed by atoms with van der Waals surface area (Å²) >= 11 is 0. The number of anilines is 1. The van der Waals surface area contributed by atoms with E-state index < -0.39 is 4.92 Å². The molecule has 0 aliphatic heterocycles.